The summed E-state index contributed by atoms with van der Waals surface area (Å²) in [6.45, 7) is 7.96. The van der Waals surface area contributed by atoms with Crippen LogP contribution in [0, 0.1) is 10.1 Å². The number of rotatable bonds is 2. The maximum absolute atomic E-state index is 10.8. The highest BCUT2D eigenvalue weighted by atomic mass is 16.7. The molecule has 0 spiro atoms. The van der Waals surface area contributed by atoms with E-state index >= 15 is 0 Å². The van der Waals surface area contributed by atoms with Gasteiger partial charge in [-0.25, -0.2) is 0 Å². The molecule has 0 unspecified atom stereocenters. The van der Waals surface area contributed by atoms with Crippen molar-refractivity contribution in [3.8, 4) is 0 Å². The van der Waals surface area contributed by atoms with Gasteiger partial charge in [0.05, 0.1) is 21.6 Å². The van der Waals surface area contributed by atoms with E-state index in [1.165, 1.54) is 12.1 Å². The Bertz CT molecular complexity index is 744. The van der Waals surface area contributed by atoms with E-state index in [9.17, 15) is 10.1 Å². The summed E-state index contributed by atoms with van der Waals surface area (Å²) in [5.74, 6) is 0. The second-order valence-corrected chi connectivity index (χ2v) is 6.49. The Kier molecular flexibility index (Phi) is 3.23. The van der Waals surface area contributed by atoms with Crippen molar-refractivity contribution in [2.45, 2.75) is 38.9 Å². The highest BCUT2D eigenvalue weighted by Crippen LogP contribution is 2.36. The van der Waals surface area contributed by atoms with Gasteiger partial charge in [0.25, 0.3) is 5.69 Å². The van der Waals surface area contributed by atoms with E-state index in [1.807, 2.05) is 33.8 Å². The molecule has 0 saturated carbocycles. The van der Waals surface area contributed by atoms with Gasteiger partial charge in [0.15, 0.2) is 0 Å². The third-order valence-electron chi connectivity index (χ3n) is 4.43. The summed E-state index contributed by atoms with van der Waals surface area (Å²) in [6.07, 6.45) is 1.65. The van der Waals surface area contributed by atoms with Gasteiger partial charge in [-0.1, -0.05) is 6.07 Å². The number of nitro groups is 1. The zero-order chi connectivity index (χ0) is 16.1. The first-order valence-corrected chi connectivity index (χ1v) is 7.09. The molecular formula is C15H17BN2O4. The Labute approximate surface area is 128 Å². The molecule has 0 aliphatic carbocycles. The molecule has 1 aromatic heterocycles. The van der Waals surface area contributed by atoms with Gasteiger partial charge < -0.3 is 9.31 Å². The van der Waals surface area contributed by atoms with Crippen LogP contribution >= 0.6 is 0 Å². The van der Waals surface area contributed by atoms with E-state index in [4.69, 9.17) is 9.31 Å². The molecule has 7 heteroatoms. The summed E-state index contributed by atoms with van der Waals surface area (Å²) >= 11 is 0. The summed E-state index contributed by atoms with van der Waals surface area (Å²) in [7, 11) is -0.489. The van der Waals surface area contributed by atoms with Gasteiger partial charge in [0.1, 0.15) is 0 Å². The first-order chi connectivity index (χ1) is 10.2. The molecule has 1 fully saturated rings. The first-order valence-electron chi connectivity index (χ1n) is 7.09. The highest BCUT2D eigenvalue weighted by Gasteiger charge is 2.51. The Morgan fingerprint density at radius 2 is 1.77 bits per heavy atom. The Balaban J connectivity index is 1.97. The van der Waals surface area contributed by atoms with Crippen LogP contribution in [0.1, 0.15) is 27.7 Å². The summed E-state index contributed by atoms with van der Waals surface area (Å²) in [4.78, 5) is 14.7. The number of aromatic nitrogens is 1. The van der Waals surface area contributed by atoms with Crippen LogP contribution in [0.3, 0.4) is 0 Å². The van der Waals surface area contributed by atoms with Crippen molar-refractivity contribution in [2.24, 2.45) is 0 Å². The zero-order valence-electron chi connectivity index (χ0n) is 13.0. The van der Waals surface area contributed by atoms with Gasteiger partial charge >= 0.3 is 7.12 Å². The Hall–Kier alpha value is -1.99. The molecule has 2 aromatic rings. The van der Waals surface area contributed by atoms with E-state index in [0.29, 0.717) is 5.52 Å². The highest BCUT2D eigenvalue weighted by molar-refractivity contribution is 6.62. The number of non-ortho nitro benzene ring substituents is 1. The van der Waals surface area contributed by atoms with Crippen LogP contribution in [0.2, 0.25) is 0 Å². The molecular weight excluding hydrogens is 283 g/mol. The summed E-state index contributed by atoms with van der Waals surface area (Å²) < 4.78 is 12.0. The van der Waals surface area contributed by atoms with Gasteiger partial charge in [-0.15, -0.1) is 0 Å². The van der Waals surface area contributed by atoms with Gasteiger partial charge in [-0.2, -0.15) is 0 Å². The molecule has 1 aliphatic rings. The lowest BCUT2D eigenvalue weighted by Crippen LogP contribution is -2.41. The fourth-order valence-corrected chi connectivity index (χ4v) is 2.35. The maximum atomic E-state index is 10.8. The van der Waals surface area contributed by atoms with E-state index < -0.39 is 23.2 Å². The van der Waals surface area contributed by atoms with E-state index in [-0.39, 0.29) is 5.69 Å². The second-order valence-electron chi connectivity index (χ2n) is 6.49. The summed E-state index contributed by atoms with van der Waals surface area (Å²) in [5, 5.41) is 11.6. The number of nitro benzene ring substituents is 1. The monoisotopic (exact) mass is 300 g/mol. The Morgan fingerprint density at radius 3 is 2.36 bits per heavy atom. The normalized spacial score (nSPS) is 19.5. The van der Waals surface area contributed by atoms with Gasteiger partial charge in [0, 0.05) is 29.2 Å². The van der Waals surface area contributed by atoms with Crippen molar-refractivity contribution in [3.63, 3.8) is 0 Å². The average Bonchev–Trinajstić information content (AvgIpc) is 2.66. The van der Waals surface area contributed by atoms with Crippen LogP contribution in [0.4, 0.5) is 5.69 Å². The van der Waals surface area contributed by atoms with Crippen molar-refractivity contribution in [1.82, 2.24) is 4.98 Å². The minimum Gasteiger partial charge on any atom is -0.399 e. The third-order valence-corrected chi connectivity index (χ3v) is 4.43. The minimum absolute atomic E-state index is 0.0309. The minimum atomic E-state index is -0.489. The smallest absolute Gasteiger partial charge is 0.399 e. The number of hydrogen-bond acceptors (Lipinski definition) is 5. The Morgan fingerprint density at radius 1 is 1.14 bits per heavy atom. The predicted octanol–water partition coefficient (Wildman–Crippen LogP) is 2.44. The topological polar surface area (TPSA) is 74.5 Å². The molecule has 1 aromatic carbocycles. The average molecular weight is 300 g/mol. The lowest BCUT2D eigenvalue weighted by Gasteiger charge is -2.32. The number of hydrogen-bond donors (Lipinski definition) is 0. The van der Waals surface area contributed by atoms with E-state index in [0.717, 1.165) is 10.8 Å². The van der Waals surface area contributed by atoms with Crippen LogP contribution < -0.4 is 5.46 Å². The van der Waals surface area contributed by atoms with Crippen molar-refractivity contribution in [2.75, 3.05) is 0 Å². The molecule has 0 atom stereocenters. The van der Waals surface area contributed by atoms with Crippen LogP contribution in [-0.4, -0.2) is 28.2 Å². The lowest BCUT2D eigenvalue weighted by atomic mass is 9.80. The predicted molar refractivity (Wildman–Crippen MR) is 84.1 cm³/mol. The molecule has 0 N–H and O–H groups in total. The van der Waals surface area contributed by atoms with Gasteiger partial charge in [0.2, 0.25) is 0 Å². The lowest BCUT2D eigenvalue weighted by molar-refractivity contribution is -0.384. The standard InChI is InChI=1S/C15H17BN2O4/c1-14(2)15(3,4)22-16(21-14)11-7-10-5-6-12(18(19)20)8-13(10)17-9-11/h5-9H,1-4H3. The largest absolute Gasteiger partial charge is 0.496 e. The molecule has 0 bridgehead atoms. The molecule has 3 rings (SSSR count). The number of fused-ring (bicyclic) bond motifs is 1. The molecule has 1 aliphatic heterocycles. The number of benzene rings is 1. The van der Waals surface area contributed by atoms with Crippen molar-refractivity contribution in [3.05, 3.63) is 40.6 Å². The van der Waals surface area contributed by atoms with Crippen molar-refractivity contribution >= 4 is 29.2 Å². The fourth-order valence-electron chi connectivity index (χ4n) is 2.35. The van der Waals surface area contributed by atoms with Crippen LogP contribution in [0.15, 0.2) is 30.5 Å². The summed E-state index contributed by atoms with van der Waals surface area (Å²) in [6, 6.07) is 6.52. The maximum Gasteiger partial charge on any atom is 0.496 e. The number of nitrogens with zero attached hydrogens (tertiary/aromatic N) is 2. The molecule has 0 radical (unpaired) electrons. The van der Waals surface area contributed by atoms with Crippen molar-refractivity contribution < 1.29 is 14.2 Å². The molecule has 2 heterocycles. The zero-order valence-corrected chi connectivity index (χ0v) is 13.0. The first kappa shape index (κ1) is 14.9. The van der Waals surface area contributed by atoms with Crippen LogP contribution in [-0.2, 0) is 9.31 Å². The van der Waals surface area contributed by atoms with Gasteiger partial charge in [-0.05, 0) is 33.8 Å². The van der Waals surface area contributed by atoms with Crippen molar-refractivity contribution in [1.29, 1.82) is 0 Å². The number of pyridine rings is 1. The van der Waals surface area contributed by atoms with Crippen LogP contribution in [0.25, 0.3) is 10.9 Å². The molecule has 22 heavy (non-hydrogen) atoms. The summed E-state index contributed by atoms with van der Waals surface area (Å²) in [5.41, 5.74) is 0.586. The fraction of sp³-hybridized carbons (Fsp3) is 0.400. The van der Waals surface area contributed by atoms with E-state index in [2.05, 4.69) is 4.98 Å². The molecule has 0 amide bonds. The van der Waals surface area contributed by atoms with E-state index in [1.54, 1.807) is 12.3 Å². The second kappa shape index (κ2) is 4.76. The quantitative estimate of drug-likeness (QED) is 0.484. The molecule has 1 saturated heterocycles. The van der Waals surface area contributed by atoms with Gasteiger partial charge in [-0.3, -0.25) is 15.1 Å². The van der Waals surface area contributed by atoms with Crippen LogP contribution in [0.5, 0.6) is 0 Å². The SMILES string of the molecule is CC1(C)OB(c2cnc3cc([N+](=O)[O-])ccc3c2)OC1(C)C. The third kappa shape index (κ3) is 2.36. The molecule has 114 valence electrons. The molecule has 6 nitrogen and oxygen atoms in total.